The van der Waals surface area contributed by atoms with E-state index in [2.05, 4.69) is 4.74 Å². The van der Waals surface area contributed by atoms with Crippen LogP contribution in [0.1, 0.15) is 42.6 Å². The number of hydrogen-bond donors (Lipinski definition) is 2. The van der Waals surface area contributed by atoms with Crippen LogP contribution < -0.4 is 4.90 Å². The number of fused-ring (bicyclic) bond motifs is 1. The second-order valence-electron chi connectivity index (χ2n) is 6.71. The number of methoxy groups -OCH3 is 1. The summed E-state index contributed by atoms with van der Waals surface area (Å²) in [5.74, 6) is -5.11. The van der Waals surface area contributed by atoms with Crippen LogP contribution in [0, 0.1) is 0 Å². The Bertz CT molecular complexity index is 779. The molecule has 1 amide bonds. The average molecular weight is 365 g/mol. The maximum Gasteiger partial charge on any atom is 0.415 e. The Balaban J connectivity index is 2.64. The van der Waals surface area contributed by atoms with Crippen molar-refractivity contribution in [2.24, 2.45) is 0 Å². The number of rotatable bonds is 3. The van der Waals surface area contributed by atoms with Crippen LogP contribution in [0.2, 0.25) is 0 Å². The number of amides is 1. The zero-order valence-electron chi connectivity index (χ0n) is 14.7. The number of esters is 1. The van der Waals surface area contributed by atoms with Gasteiger partial charge in [0.15, 0.2) is 6.04 Å². The molecule has 1 aliphatic heterocycles. The van der Waals surface area contributed by atoms with Crippen LogP contribution in [0.15, 0.2) is 18.2 Å². The lowest BCUT2D eigenvalue weighted by molar-refractivity contribution is -0.146. The largest absolute Gasteiger partial charge is 0.481 e. The summed E-state index contributed by atoms with van der Waals surface area (Å²) in [5.41, 5.74) is -0.790. The van der Waals surface area contributed by atoms with Gasteiger partial charge in [0.05, 0.1) is 18.4 Å². The SMILES string of the molecule is COC(=O)c1ccc2c(c1)N(C(=O)OC(C)(C)C)[C@H](C(=O)O)[C@H]2C(=O)O. The molecular weight excluding hydrogens is 346 g/mol. The molecule has 2 rings (SSSR count). The van der Waals surface area contributed by atoms with Crippen molar-refractivity contribution in [3.8, 4) is 0 Å². The molecule has 0 aromatic heterocycles. The fourth-order valence-electron chi connectivity index (χ4n) is 2.77. The number of carbonyl (C=O) groups is 4. The predicted molar refractivity (Wildman–Crippen MR) is 88.3 cm³/mol. The van der Waals surface area contributed by atoms with E-state index in [0.717, 1.165) is 4.90 Å². The summed E-state index contributed by atoms with van der Waals surface area (Å²) in [6, 6.07) is 2.15. The lowest BCUT2D eigenvalue weighted by Crippen LogP contribution is -2.48. The van der Waals surface area contributed by atoms with Crippen LogP contribution in [0.4, 0.5) is 10.5 Å². The van der Waals surface area contributed by atoms with Crippen molar-refractivity contribution in [1.82, 2.24) is 0 Å². The molecule has 2 N–H and O–H groups in total. The maximum absolute atomic E-state index is 12.6. The van der Waals surface area contributed by atoms with Crippen molar-refractivity contribution in [1.29, 1.82) is 0 Å². The minimum absolute atomic E-state index is 0.0121. The zero-order valence-corrected chi connectivity index (χ0v) is 14.7. The Kier molecular flexibility index (Phi) is 4.93. The summed E-state index contributed by atoms with van der Waals surface area (Å²) in [6.07, 6.45) is -1.02. The van der Waals surface area contributed by atoms with Gasteiger partial charge in [-0.05, 0) is 38.5 Å². The van der Waals surface area contributed by atoms with Crippen LogP contribution in [-0.4, -0.2) is 53.0 Å². The van der Waals surface area contributed by atoms with E-state index >= 15 is 0 Å². The van der Waals surface area contributed by atoms with Gasteiger partial charge in [0.2, 0.25) is 0 Å². The number of ether oxygens (including phenoxy) is 2. The Labute approximate surface area is 149 Å². The van der Waals surface area contributed by atoms with E-state index in [0.29, 0.717) is 0 Å². The summed E-state index contributed by atoms with van der Waals surface area (Å²) in [6.45, 7) is 4.78. The molecule has 0 spiro atoms. The Hall–Kier alpha value is -3.10. The lowest BCUT2D eigenvalue weighted by atomic mass is 9.94. The number of carboxylic acids is 2. The molecule has 9 nitrogen and oxygen atoms in total. The number of carbonyl (C=O) groups excluding carboxylic acids is 2. The van der Waals surface area contributed by atoms with Crippen LogP contribution in [0.3, 0.4) is 0 Å². The third-order valence-electron chi connectivity index (χ3n) is 3.75. The second-order valence-corrected chi connectivity index (χ2v) is 6.71. The first-order valence-electron chi connectivity index (χ1n) is 7.68. The van der Waals surface area contributed by atoms with Gasteiger partial charge in [0, 0.05) is 0 Å². The highest BCUT2D eigenvalue weighted by Gasteiger charge is 2.51. The molecule has 140 valence electrons. The number of anilines is 1. The van der Waals surface area contributed by atoms with Gasteiger partial charge >= 0.3 is 24.0 Å². The smallest absolute Gasteiger partial charge is 0.415 e. The van der Waals surface area contributed by atoms with Gasteiger partial charge in [-0.1, -0.05) is 6.07 Å². The molecule has 1 heterocycles. The van der Waals surface area contributed by atoms with E-state index in [1.165, 1.54) is 25.3 Å². The van der Waals surface area contributed by atoms with Crippen molar-refractivity contribution in [3.63, 3.8) is 0 Å². The number of nitrogens with zero attached hydrogens (tertiary/aromatic N) is 1. The first kappa shape index (κ1) is 19.2. The van der Waals surface area contributed by atoms with E-state index in [4.69, 9.17) is 4.74 Å². The van der Waals surface area contributed by atoms with Gasteiger partial charge in [0.25, 0.3) is 0 Å². The molecule has 1 aromatic carbocycles. The van der Waals surface area contributed by atoms with E-state index in [1.54, 1.807) is 20.8 Å². The number of aliphatic carboxylic acids is 2. The van der Waals surface area contributed by atoms with Gasteiger partial charge in [-0.2, -0.15) is 0 Å². The molecular formula is C17H19NO8. The number of benzene rings is 1. The fourth-order valence-corrected chi connectivity index (χ4v) is 2.77. The minimum atomic E-state index is -1.70. The zero-order chi connectivity index (χ0) is 19.8. The Morgan fingerprint density at radius 1 is 1.08 bits per heavy atom. The average Bonchev–Trinajstić information content (AvgIpc) is 2.87. The summed E-state index contributed by atoms with van der Waals surface area (Å²) >= 11 is 0. The predicted octanol–water partition coefficient (Wildman–Crippen LogP) is 1.85. The fraction of sp³-hybridized carbons (Fsp3) is 0.412. The topological polar surface area (TPSA) is 130 Å². The minimum Gasteiger partial charge on any atom is -0.481 e. The van der Waals surface area contributed by atoms with E-state index in [1.807, 2.05) is 0 Å². The Morgan fingerprint density at radius 2 is 1.69 bits per heavy atom. The molecule has 26 heavy (non-hydrogen) atoms. The van der Waals surface area contributed by atoms with E-state index in [-0.39, 0.29) is 16.8 Å². The number of hydrogen-bond acceptors (Lipinski definition) is 6. The van der Waals surface area contributed by atoms with Crippen LogP contribution in [-0.2, 0) is 19.1 Å². The molecule has 0 radical (unpaired) electrons. The Morgan fingerprint density at radius 3 is 2.15 bits per heavy atom. The molecule has 0 bridgehead atoms. The second kappa shape index (κ2) is 6.66. The third-order valence-corrected chi connectivity index (χ3v) is 3.75. The van der Waals surface area contributed by atoms with E-state index < -0.39 is 41.6 Å². The molecule has 0 saturated heterocycles. The van der Waals surface area contributed by atoms with Gasteiger partial charge in [-0.3, -0.25) is 9.69 Å². The van der Waals surface area contributed by atoms with Crippen molar-refractivity contribution in [3.05, 3.63) is 29.3 Å². The molecule has 0 unspecified atom stereocenters. The van der Waals surface area contributed by atoms with E-state index in [9.17, 15) is 29.4 Å². The lowest BCUT2D eigenvalue weighted by Gasteiger charge is -2.28. The van der Waals surface area contributed by atoms with Crippen molar-refractivity contribution in [2.45, 2.75) is 38.3 Å². The summed E-state index contributed by atoms with van der Waals surface area (Å²) in [4.78, 5) is 48.5. The standard InChI is InChI=1S/C17H19NO8/c1-17(2,3)26-16(24)18-10-7-8(15(23)25-4)5-6-9(10)11(13(19)20)12(18)14(21)22/h5-7,11-12H,1-4H3,(H,19,20)(H,21,22)/t11-,12-/m0/s1. The normalized spacial score (nSPS) is 18.8. The number of carboxylic acid groups (broad SMARTS) is 2. The van der Waals surface area contributed by atoms with Crippen LogP contribution in [0.25, 0.3) is 0 Å². The maximum atomic E-state index is 12.6. The van der Waals surface area contributed by atoms with Crippen LogP contribution in [0.5, 0.6) is 0 Å². The van der Waals surface area contributed by atoms with Gasteiger partial charge in [0.1, 0.15) is 11.5 Å². The molecule has 0 aliphatic carbocycles. The molecule has 1 aliphatic rings. The first-order valence-corrected chi connectivity index (χ1v) is 7.68. The summed E-state index contributed by atoms with van der Waals surface area (Å²) in [5, 5.41) is 19.0. The van der Waals surface area contributed by atoms with Crippen molar-refractivity contribution < 1.29 is 38.9 Å². The molecule has 0 fully saturated rings. The highest BCUT2D eigenvalue weighted by molar-refractivity contribution is 6.05. The van der Waals surface area contributed by atoms with Gasteiger partial charge in [-0.15, -0.1) is 0 Å². The third kappa shape index (κ3) is 3.46. The summed E-state index contributed by atoms with van der Waals surface area (Å²) in [7, 11) is 1.17. The van der Waals surface area contributed by atoms with Gasteiger partial charge in [-0.25, -0.2) is 14.4 Å². The molecule has 9 heteroatoms. The first-order chi connectivity index (χ1) is 12.0. The highest BCUT2D eigenvalue weighted by atomic mass is 16.6. The van der Waals surface area contributed by atoms with Crippen LogP contribution >= 0.6 is 0 Å². The molecule has 2 atom stereocenters. The monoisotopic (exact) mass is 365 g/mol. The van der Waals surface area contributed by atoms with Crippen molar-refractivity contribution >= 4 is 29.7 Å². The quantitative estimate of drug-likeness (QED) is 0.776. The summed E-state index contributed by atoms with van der Waals surface area (Å²) < 4.78 is 9.84. The highest BCUT2D eigenvalue weighted by Crippen LogP contribution is 2.42. The molecule has 0 saturated carbocycles. The molecule has 1 aromatic rings. The van der Waals surface area contributed by atoms with Gasteiger partial charge < -0.3 is 19.7 Å². The van der Waals surface area contributed by atoms with Crippen molar-refractivity contribution in [2.75, 3.05) is 12.0 Å².